The maximum atomic E-state index is 10.9. The van der Waals surface area contributed by atoms with Crippen molar-refractivity contribution in [1.29, 1.82) is 0 Å². The van der Waals surface area contributed by atoms with Crippen LogP contribution in [0.5, 0.6) is 0 Å². The fourth-order valence-corrected chi connectivity index (χ4v) is 1.44. The predicted molar refractivity (Wildman–Crippen MR) is 57.8 cm³/mol. The summed E-state index contributed by atoms with van der Waals surface area (Å²) in [5.41, 5.74) is 0.453. The summed E-state index contributed by atoms with van der Waals surface area (Å²) in [4.78, 5) is 20.8. The van der Waals surface area contributed by atoms with Crippen LogP contribution in [-0.4, -0.2) is 16.0 Å². The highest BCUT2D eigenvalue weighted by molar-refractivity contribution is 5.94. The van der Waals surface area contributed by atoms with E-state index in [4.69, 9.17) is 9.52 Å². The number of carbonyl (C=O) groups is 1. The number of benzene rings is 1. The zero-order valence-electron chi connectivity index (χ0n) is 8.49. The van der Waals surface area contributed by atoms with Crippen molar-refractivity contribution in [3.05, 3.63) is 52.3 Å². The van der Waals surface area contributed by atoms with E-state index in [1.807, 2.05) is 0 Å². The first-order chi connectivity index (χ1) is 8.09. The van der Waals surface area contributed by atoms with E-state index in [2.05, 4.69) is 0 Å². The minimum absolute atomic E-state index is 0.0267. The summed E-state index contributed by atoms with van der Waals surface area (Å²) in [7, 11) is 0. The molecule has 0 atom stereocenters. The third kappa shape index (κ3) is 2.00. The van der Waals surface area contributed by atoms with Crippen molar-refractivity contribution in [2.45, 2.75) is 0 Å². The number of hydrogen-bond donors (Lipinski definition) is 1. The first-order valence-electron chi connectivity index (χ1n) is 4.65. The highest BCUT2D eigenvalue weighted by atomic mass is 16.6. The molecule has 1 aromatic carbocycles. The molecule has 0 aliphatic heterocycles. The summed E-state index contributed by atoms with van der Waals surface area (Å²) in [5.74, 6) is -0.917. The molecule has 2 aromatic rings. The lowest BCUT2D eigenvalue weighted by atomic mass is 10.1. The van der Waals surface area contributed by atoms with Gasteiger partial charge < -0.3 is 9.52 Å². The fraction of sp³-hybridized carbons (Fsp3) is 0. The van der Waals surface area contributed by atoms with E-state index in [0.29, 0.717) is 5.56 Å². The van der Waals surface area contributed by atoms with Crippen LogP contribution in [0.15, 0.2) is 41.0 Å². The van der Waals surface area contributed by atoms with E-state index < -0.39 is 10.9 Å². The third-order valence-electron chi connectivity index (χ3n) is 2.24. The number of carboxylic acid groups (broad SMARTS) is 1. The SMILES string of the molecule is O=C(O)c1ccoc1-c1ccc([N+](=O)[O-])cc1. The van der Waals surface area contributed by atoms with Crippen LogP contribution in [0, 0.1) is 10.1 Å². The second kappa shape index (κ2) is 4.09. The van der Waals surface area contributed by atoms with Gasteiger partial charge in [-0.05, 0) is 18.2 Å². The van der Waals surface area contributed by atoms with Gasteiger partial charge in [0.15, 0.2) is 0 Å². The molecule has 0 spiro atoms. The summed E-state index contributed by atoms with van der Waals surface area (Å²) in [6.45, 7) is 0. The molecule has 0 aliphatic rings. The second-order valence-corrected chi connectivity index (χ2v) is 3.27. The van der Waals surface area contributed by atoms with E-state index in [9.17, 15) is 14.9 Å². The highest BCUT2D eigenvalue weighted by Gasteiger charge is 2.15. The minimum atomic E-state index is -1.10. The minimum Gasteiger partial charge on any atom is -0.478 e. The number of aromatic carboxylic acids is 1. The van der Waals surface area contributed by atoms with E-state index in [1.54, 1.807) is 0 Å². The molecule has 0 saturated carbocycles. The zero-order valence-corrected chi connectivity index (χ0v) is 8.49. The molecule has 0 amide bonds. The molecule has 0 unspecified atom stereocenters. The predicted octanol–water partition coefficient (Wildman–Crippen LogP) is 2.55. The smallest absolute Gasteiger partial charge is 0.339 e. The van der Waals surface area contributed by atoms with Crippen LogP contribution in [0.2, 0.25) is 0 Å². The number of nitro benzene ring substituents is 1. The Kier molecular flexibility index (Phi) is 2.61. The Balaban J connectivity index is 2.43. The van der Waals surface area contributed by atoms with Crippen molar-refractivity contribution in [3.8, 4) is 11.3 Å². The van der Waals surface area contributed by atoms with Gasteiger partial charge in [-0.2, -0.15) is 0 Å². The monoisotopic (exact) mass is 233 g/mol. The van der Waals surface area contributed by atoms with E-state index in [0.717, 1.165) is 0 Å². The van der Waals surface area contributed by atoms with Crippen LogP contribution in [0.3, 0.4) is 0 Å². The Labute approximate surface area is 95.3 Å². The van der Waals surface area contributed by atoms with Crippen LogP contribution in [-0.2, 0) is 0 Å². The number of nitrogens with zero attached hydrogens (tertiary/aromatic N) is 1. The molecule has 1 N–H and O–H groups in total. The van der Waals surface area contributed by atoms with Crippen LogP contribution in [0.25, 0.3) is 11.3 Å². The number of furan rings is 1. The van der Waals surface area contributed by atoms with Crippen molar-refractivity contribution in [1.82, 2.24) is 0 Å². The van der Waals surface area contributed by atoms with Crippen LogP contribution in [0.1, 0.15) is 10.4 Å². The molecule has 86 valence electrons. The van der Waals surface area contributed by atoms with E-state index >= 15 is 0 Å². The Hall–Kier alpha value is -2.63. The van der Waals surface area contributed by atoms with Gasteiger partial charge >= 0.3 is 5.97 Å². The molecule has 17 heavy (non-hydrogen) atoms. The Bertz CT molecular complexity index is 570. The summed E-state index contributed by atoms with van der Waals surface area (Å²) < 4.78 is 5.06. The molecule has 0 saturated heterocycles. The van der Waals surface area contributed by atoms with Crippen LogP contribution >= 0.6 is 0 Å². The Morgan fingerprint density at radius 3 is 2.41 bits per heavy atom. The molecule has 1 heterocycles. The molecular formula is C11H7NO5. The van der Waals surface area contributed by atoms with Crippen molar-refractivity contribution >= 4 is 11.7 Å². The quantitative estimate of drug-likeness (QED) is 0.649. The standard InChI is InChI=1S/C11H7NO5/c13-11(14)9-5-6-17-10(9)7-1-3-8(4-2-7)12(15)16/h1-6H,(H,13,14). The lowest BCUT2D eigenvalue weighted by molar-refractivity contribution is -0.384. The average Bonchev–Trinajstić information content (AvgIpc) is 2.78. The van der Waals surface area contributed by atoms with Gasteiger partial charge in [0.25, 0.3) is 5.69 Å². The van der Waals surface area contributed by atoms with Gasteiger partial charge in [0, 0.05) is 17.7 Å². The summed E-state index contributed by atoms with van der Waals surface area (Å²) >= 11 is 0. The number of hydrogen-bond acceptors (Lipinski definition) is 4. The maximum Gasteiger partial charge on any atom is 0.339 e. The van der Waals surface area contributed by atoms with Gasteiger partial charge in [-0.3, -0.25) is 10.1 Å². The average molecular weight is 233 g/mol. The zero-order chi connectivity index (χ0) is 12.4. The molecule has 0 radical (unpaired) electrons. The third-order valence-corrected chi connectivity index (χ3v) is 2.24. The van der Waals surface area contributed by atoms with Gasteiger partial charge in [0.1, 0.15) is 11.3 Å². The van der Waals surface area contributed by atoms with Crippen LogP contribution < -0.4 is 0 Å². The van der Waals surface area contributed by atoms with Gasteiger partial charge in [0.05, 0.1) is 11.2 Å². The first-order valence-corrected chi connectivity index (χ1v) is 4.65. The molecule has 6 nitrogen and oxygen atoms in total. The molecule has 0 bridgehead atoms. The molecule has 0 aliphatic carbocycles. The van der Waals surface area contributed by atoms with Gasteiger partial charge in [-0.1, -0.05) is 0 Å². The molecular weight excluding hydrogens is 226 g/mol. The van der Waals surface area contributed by atoms with Crippen molar-refractivity contribution < 1.29 is 19.2 Å². The van der Waals surface area contributed by atoms with Crippen molar-refractivity contribution in [3.63, 3.8) is 0 Å². The highest BCUT2D eigenvalue weighted by Crippen LogP contribution is 2.26. The molecule has 6 heteroatoms. The lowest BCUT2D eigenvalue weighted by Crippen LogP contribution is -1.96. The molecule has 0 fully saturated rings. The summed E-state index contributed by atoms with van der Waals surface area (Å²) in [6.07, 6.45) is 1.26. The first kappa shape index (κ1) is 10.9. The van der Waals surface area contributed by atoms with Gasteiger partial charge in [-0.25, -0.2) is 4.79 Å². The van der Waals surface area contributed by atoms with Gasteiger partial charge in [-0.15, -0.1) is 0 Å². The van der Waals surface area contributed by atoms with Crippen molar-refractivity contribution in [2.24, 2.45) is 0 Å². The van der Waals surface area contributed by atoms with Crippen LogP contribution in [0.4, 0.5) is 5.69 Å². The summed E-state index contributed by atoms with van der Waals surface area (Å²) in [6, 6.07) is 6.82. The van der Waals surface area contributed by atoms with Gasteiger partial charge in [0.2, 0.25) is 0 Å². The normalized spacial score (nSPS) is 10.1. The number of carboxylic acids is 1. The largest absolute Gasteiger partial charge is 0.478 e. The van der Waals surface area contributed by atoms with Crippen molar-refractivity contribution in [2.75, 3.05) is 0 Å². The Morgan fingerprint density at radius 2 is 1.88 bits per heavy atom. The number of nitro groups is 1. The lowest BCUT2D eigenvalue weighted by Gasteiger charge is -1.98. The number of rotatable bonds is 3. The summed E-state index contributed by atoms with van der Waals surface area (Å²) in [5, 5.41) is 19.4. The molecule has 2 rings (SSSR count). The Morgan fingerprint density at radius 1 is 1.24 bits per heavy atom. The second-order valence-electron chi connectivity index (χ2n) is 3.27. The maximum absolute atomic E-state index is 10.9. The number of non-ortho nitro benzene ring substituents is 1. The van der Waals surface area contributed by atoms with E-state index in [-0.39, 0.29) is 17.0 Å². The fourth-order valence-electron chi connectivity index (χ4n) is 1.44. The topological polar surface area (TPSA) is 93.6 Å². The molecule has 1 aromatic heterocycles. The van der Waals surface area contributed by atoms with E-state index in [1.165, 1.54) is 36.6 Å².